The summed E-state index contributed by atoms with van der Waals surface area (Å²) in [6.07, 6.45) is 8.61. The molecule has 1 aliphatic rings. The minimum atomic E-state index is -0.0926. The standard InChI is InChI=1S/C17H15ClN4OS/c1-3-8-22-16(23)15(10-12-5-4-9-21(12)2)24-17(22)20-14-6-7-19-11-13(14)18/h3-7,9-11H,1,8H2,2H3/b15-10+,20-17?. The number of hydrogen-bond donors (Lipinski definition) is 0. The largest absolute Gasteiger partial charge is 0.351 e. The van der Waals surface area contributed by atoms with Gasteiger partial charge in [-0.15, -0.1) is 6.58 Å². The number of aliphatic imine (C=N–C) groups is 1. The van der Waals surface area contributed by atoms with Crippen LogP contribution >= 0.6 is 23.4 Å². The lowest BCUT2D eigenvalue weighted by Gasteiger charge is -2.12. The van der Waals surface area contributed by atoms with Crippen molar-refractivity contribution in [1.29, 1.82) is 0 Å². The van der Waals surface area contributed by atoms with E-state index in [4.69, 9.17) is 11.6 Å². The molecule has 0 unspecified atom stereocenters. The Hall–Kier alpha value is -2.31. The molecule has 2 aromatic rings. The molecule has 24 heavy (non-hydrogen) atoms. The van der Waals surface area contributed by atoms with Crippen LogP contribution in [0.15, 0.2) is 59.3 Å². The van der Waals surface area contributed by atoms with Crippen LogP contribution in [0.2, 0.25) is 5.02 Å². The summed E-state index contributed by atoms with van der Waals surface area (Å²) in [4.78, 5) is 23.3. The molecule has 1 saturated heterocycles. The van der Waals surface area contributed by atoms with Gasteiger partial charge in [0.25, 0.3) is 5.91 Å². The molecule has 0 atom stereocenters. The van der Waals surface area contributed by atoms with Crippen molar-refractivity contribution in [3.05, 3.63) is 65.1 Å². The molecule has 0 bridgehead atoms. The smallest absolute Gasteiger partial charge is 0.267 e. The molecular weight excluding hydrogens is 344 g/mol. The highest BCUT2D eigenvalue weighted by Gasteiger charge is 2.32. The van der Waals surface area contributed by atoms with Crippen LogP contribution < -0.4 is 0 Å². The van der Waals surface area contributed by atoms with Crippen molar-refractivity contribution >= 4 is 46.2 Å². The molecule has 1 amide bonds. The maximum absolute atomic E-state index is 12.7. The fourth-order valence-electron chi connectivity index (χ4n) is 2.20. The Balaban J connectivity index is 1.99. The molecule has 0 spiro atoms. The summed E-state index contributed by atoms with van der Waals surface area (Å²) in [5.74, 6) is -0.0926. The third kappa shape index (κ3) is 3.29. The van der Waals surface area contributed by atoms with Crippen molar-refractivity contribution in [2.75, 3.05) is 6.54 Å². The van der Waals surface area contributed by atoms with Gasteiger partial charge in [0.1, 0.15) is 0 Å². The van der Waals surface area contributed by atoms with Gasteiger partial charge >= 0.3 is 0 Å². The second-order valence-corrected chi connectivity index (χ2v) is 6.50. The molecule has 3 rings (SSSR count). The Kier molecular flexibility index (Phi) is 4.87. The molecular formula is C17H15ClN4OS. The van der Waals surface area contributed by atoms with Crippen LogP contribution in [0.4, 0.5) is 5.69 Å². The Morgan fingerprint density at radius 2 is 2.29 bits per heavy atom. The maximum atomic E-state index is 12.7. The number of carbonyl (C=O) groups excluding carboxylic acids is 1. The van der Waals surface area contributed by atoms with Gasteiger partial charge in [-0.3, -0.25) is 14.7 Å². The third-order valence-electron chi connectivity index (χ3n) is 3.43. The summed E-state index contributed by atoms with van der Waals surface area (Å²) >= 11 is 7.44. The first-order valence-corrected chi connectivity index (χ1v) is 8.41. The number of halogens is 1. The molecule has 0 aromatic carbocycles. The van der Waals surface area contributed by atoms with Crippen LogP contribution in [-0.4, -0.2) is 32.1 Å². The van der Waals surface area contributed by atoms with Crippen molar-refractivity contribution in [1.82, 2.24) is 14.5 Å². The van der Waals surface area contributed by atoms with Crippen LogP contribution in [0.1, 0.15) is 5.69 Å². The number of amidine groups is 1. The topological polar surface area (TPSA) is 50.5 Å². The maximum Gasteiger partial charge on any atom is 0.267 e. The first-order chi connectivity index (χ1) is 11.6. The summed E-state index contributed by atoms with van der Waals surface area (Å²) in [6, 6.07) is 5.60. The van der Waals surface area contributed by atoms with Gasteiger partial charge in [-0.25, -0.2) is 4.99 Å². The summed E-state index contributed by atoms with van der Waals surface area (Å²) in [5, 5.41) is 1.02. The van der Waals surface area contributed by atoms with E-state index < -0.39 is 0 Å². The lowest BCUT2D eigenvalue weighted by molar-refractivity contribution is -0.121. The number of rotatable bonds is 4. The molecule has 7 heteroatoms. The average Bonchev–Trinajstić information content (AvgIpc) is 3.09. The first-order valence-electron chi connectivity index (χ1n) is 7.22. The minimum Gasteiger partial charge on any atom is -0.351 e. The van der Waals surface area contributed by atoms with E-state index in [0.717, 1.165) is 5.69 Å². The lowest BCUT2D eigenvalue weighted by atomic mass is 10.3. The second-order valence-electron chi connectivity index (χ2n) is 5.08. The van der Waals surface area contributed by atoms with Crippen LogP contribution in [-0.2, 0) is 11.8 Å². The highest BCUT2D eigenvalue weighted by Crippen LogP contribution is 2.35. The van der Waals surface area contributed by atoms with E-state index in [0.29, 0.717) is 27.3 Å². The zero-order valence-corrected chi connectivity index (χ0v) is 14.6. The van der Waals surface area contributed by atoms with Gasteiger partial charge < -0.3 is 4.57 Å². The van der Waals surface area contributed by atoms with E-state index in [2.05, 4.69) is 16.6 Å². The Morgan fingerprint density at radius 1 is 1.46 bits per heavy atom. The van der Waals surface area contributed by atoms with Crippen molar-refractivity contribution in [3.63, 3.8) is 0 Å². The number of amides is 1. The van der Waals surface area contributed by atoms with E-state index in [9.17, 15) is 4.79 Å². The normalized spacial score (nSPS) is 17.9. The van der Waals surface area contributed by atoms with E-state index in [1.54, 1.807) is 23.2 Å². The second kappa shape index (κ2) is 7.07. The van der Waals surface area contributed by atoms with Gasteiger partial charge in [0.05, 0.1) is 15.6 Å². The molecule has 1 aliphatic heterocycles. The Morgan fingerprint density at radius 3 is 2.96 bits per heavy atom. The first kappa shape index (κ1) is 16.5. The molecule has 122 valence electrons. The van der Waals surface area contributed by atoms with Crippen LogP contribution in [0, 0.1) is 0 Å². The predicted octanol–water partition coefficient (Wildman–Crippen LogP) is 3.86. The zero-order valence-electron chi connectivity index (χ0n) is 13.0. The molecule has 5 nitrogen and oxygen atoms in total. The summed E-state index contributed by atoms with van der Waals surface area (Å²) in [6.45, 7) is 4.10. The highest BCUT2D eigenvalue weighted by atomic mass is 35.5. The molecule has 0 aliphatic carbocycles. The average molecular weight is 359 g/mol. The van der Waals surface area contributed by atoms with Crippen molar-refractivity contribution < 1.29 is 4.79 Å². The zero-order chi connectivity index (χ0) is 17.1. The van der Waals surface area contributed by atoms with Gasteiger partial charge in [0, 0.05) is 37.9 Å². The number of aromatic nitrogens is 2. The molecule has 1 fully saturated rings. The van der Waals surface area contributed by atoms with E-state index >= 15 is 0 Å². The summed E-state index contributed by atoms with van der Waals surface area (Å²) in [5.41, 5.74) is 1.53. The number of carbonyl (C=O) groups is 1. The fourth-order valence-corrected chi connectivity index (χ4v) is 3.35. The van der Waals surface area contributed by atoms with Crippen molar-refractivity contribution in [2.45, 2.75) is 0 Å². The summed E-state index contributed by atoms with van der Waals surface area (Å²) in [7, 11) is 1.93. The third-order valence-corrected chi connectivity index (χ3v) is 4.73. The van der Waals surface area contributed by atoms with Gasteiger partial charge in [0.2, 0.25) is 0 Å². The number of nitrogens with zero attached hydrogens (tertiary/aromatic N) is 4. The number of hydrogen-bond acceptors (Lipinski definition) is 4. The van der Waals surface area contributed by atoms with E-state index in [1.165, 1.54) is 18.0 Å². The van der Waals surface area contributed by atoms with Crippen LogP contribution in [0.5, 0.6) is 0 Å². The fraction of sp³-hybridized carbons (Fsp3) is 0.118. The monoisotopic (exact) mass is 358 g/mol. The lowest BCUT2D eigenvalue weighted by Crippen LogP contribution is -2.29. The van der Waals surface area contributed by atoms with E-state index in [1.807, 2.05) is 36.0 Å². The molecule has 0 radical (unpaired) electrons. The molecule has 2 aromatic heterocycles. The number of aryl methyl sites for hydroxylation is 1. The minimum absolute atomic E-state index is 0.0926. The van der Waals surface area contributed by atoms with E-state index in [-0.39, 0.29) is 5.91 Å². The summed E-state index contributed by atoms with van der Waals surface area (Å²) < 4.78 is 1.95. The van der Waals surface area contributed by atoms with Gasteiger partial charge in [0.15, 0.2) is 5.17 Å². The quantitative estimate of drug-likeness (QED) is 0.616. The Bertz CT molecular complexity index is 856. The SMILES string of the molecule is C=CCN1C(=O)/C(=C\c2cccn2C)SC1=Nc1ccncc1Cl. The van der Waals surface area contributed by atoms with Gasteiger partial charge in [-0.2, -0.15) is 0 Å². The highest BCUT2D eigenvalue weighted by molar-refractivity contribution is 8.18. The number of thioether (sulfide) groups is 1. The van der Waals surface area contributed by atoms with Crippen molar-refractivity contribution in [3.8, 4) is 0 Å². The van der Waals surface area contributed by atoms with Gasteiger partial charge in [-0.05, 0) is 36.0 Å². The van der Waals surface area contributed by atoms with Gasteiger partial charge in [-0.1, -0.05) is 17.7 Å². The molecule has 0 N–H and O–H groups in total. The van der Waals surface area contributed by atoms with Crippen LogP contribution in [0.3, 0.4) is 0 Å². The molecule has 0 saturated carbocycles. The number of pyridine rings is 1. The predicted molar refractivity (Wildman–Crippen MR) is 99.2 cm³/mol. The van der Waals surface area contributed by atoms with Crippen LogP contribution in [0.25, 0.3) is 6.08 Å². The Labute approximate surface area is 149 Å². The molecule has 3 heterocycles. The van der Waals surface area contributed by atoms with Crippen molar-refractivity contribution in [2.24, 2.45) is 12.0 Å².